The van der Waals surface area contributed by atoms with E-state index in [2.05, 4.69) is 4.90 Å². The number of hydrogen-bond acceptors (Lipinski definition) is 5. The van der Waals surface area contributed by atoms with Crippen LogP contribution in [0, 0.1) is 24.7 Å². The maximum absolute atomic E-state index is 12.9. The van der Waals surface area contributed by atoms with Crippen LogP contribution in [0.2, 0.25) is 0 Å². The van der Waals surface area contributed by atoms with E-state index in [1.165, 1.54) is 0 Å². The molecule has 2 atom stereocenters. The van der Waals surface area contributed by atoms with E-state index in [1.807, 2.05) is 30.0 Å². The molecule has 27 heavy (non-hydrogen) atoms. The second-order valence-corrected chi connectivity index (χ2v) is 8.02. The molecule has 0 aliphatic carbocycles. The molecular formula is C21H32N2O4. The number of piperidine rings is 1. The van der Waals surface area contributed by atoms with Gasteiger partial charge in [0.1, 0.15) is 5.75 Å². The van der Waals surface area contributed by atoms with Crippen LogP contribution in [0.5, 0.6) is 5.75 Å². The van der Waals surface area contributed by atoms with Gasteiger partial charge in [-0.1, -0.05) is 0 Å². The number of nitrogens with zero attached hydrogens (tertiary/aromatic N) is 2. The van der Waals surface area contributed by atoms with Crippen LogP contribution in [-0.2, 0) is 0 Å². The van der Waals surface area contributed by atoms with Crippen molar-refractivity contribution in [3.8, 4) is 5.75 Å². The van der Waals surface area contributed by atoms with E-state index in [-0.39, 0.29) is 25.0 Å². The Morgan fingerprint density at radius 1 is 1.15 bits per heavy atom. The first-order valence-electron chi connectivity index (χ1n) is 9.93. The number of aryl methyl sites for hydroxylation is 1. The highest BCUT2D eigenvalue weighted by Gasteiger charge is 2.36. The summed E-state index contributed by atoms with van der Waals surface area (Å²) in [6.45, 7) is 6.53. The Bertz CT molecular complexity index is 643. The molecule has 1 amide bonds. The third-order valence-corrected chi connectivity index (χ3v) is 6.20. The third kappa shape index (κ3) is 4.62. The first-order valence-corrected chi connectivity index (χ1v) is 9.93. The summed E-state index contributed by atoms with van der Waals surface area (Å²) in [5.41, 5.74) is 1.62. The Kier molecular flexibility index (Phi) is 6.73. The van der Waals surface area contributed by atoms with Crippen molar-refractivity contribution < 1.29 is 19.7 Å². The second kappa shape index (κ2) is 9.04. The van der Waals surface area contributed by atoms with Gasteiger partial charge in [0.15, 0.2) is 0 Å². The van der Waals surface area contributed by atoms with Crippen molar-refractivity contribution in [1.29, 1.82) is 0 Å². The molecule has 2 heterocycles. The minimum Gasteiger partial charge on any atom is -0.496 e. The molecule has 150 valence electrons. The molecule has 1 aromatic rings. The zero-order valence-corrected chi connectivity index (χ0v) is 16.4. The Morgan fingerprint density at radius 2 is 1.85 bits per heavy atom. The van der Waals surface area contributed by atoms with Gasteiger partial charge in [-0.2, -0.15) is 0 Å². The van der Waals surface area contributed by atoms with Gasteiger partial charge in [-0.05, 0) is 68.5 Å². The molecule has 0 radical (unpaired) electrons. The van der Waals surface area contributed by atoms with Crippen molar-refractivity contribution in [3.05, 3.63) is 29.3 Å². The molecule has 2 fully saturated rings. The highest BCUT2D eigenvalue weighted by atomic mass is 16.5. The maximum Gasteiger partial charge on any atom is 0.253 e. The Labute approximate surface area is 161 Å². The largest absolute Gasteiger partial charge is 0.496 e. The molecule has 2 N–H and O–H groups in total. The van der Waals surface area contributed by atoms with Crippen LogP contribution in [0.4, 0.5) is 0 Å². The van der Waals surface area contributed by atoms with Gasteiger partial charge in [-0.3, -0.25) is 4.79 Å². The Hall–Kier alpha value is -1.63. The summed E-state index contributed by atoms with van der Waals surface area (Å²) in [6.07, 6.45) is 2.06. The van der Waals surface area contributed by atoms with Crippen molar-refractivity contribution >= 4 is 5.91 Å². The predicted molar refractivity (Wildman–Crippen MR) is 104 cm³/mol. The van der Waals surface area contributed by atoms with E-state index in [0.29, 0.717) is 30.5 Å². The van der Waals surface area contributed by atoms with Crippen molar-refractivity contribution in [2.75, 3.05) is 53.0 Å². The molecule has 0 bridgehead atoms. The third-order valence-electron chi connectivity index (χ3n) is 6.20. The quantitative estimate of drug-likeness (QED) is 0.785. The van der Waals surface area contributed by atoms with Gasteiger partial charge in [0, 0.05) is 44.3 Å². The molecule has 2 aliphatic heterocycles. The van der Waals surface area contributed by atoms with E-state index < -0.39 is 0 Å². The zero-order valence-electron chi connectivity index (χ0n) is 16.4. The van der Waals surface area contributed by atoms with Crippen molar-refractivity contribution in [1.82, 2.24) is 9.80 Å². The number of benzene rings is 1. The van der Waals surface area contributed by atoms with Crippen LogP contribution in [0.15, 0.2) is 18.2 Å². The number of rotatable bonds is 6. The van der Waals surface area contributed by atoms with E-state index in [4.69, 9.17) is 4.74 Å². The zero-order chi connectivity index (χ0) is 19.4. The van der Waals surface area contributed by atoms with E-state index in [1.54, 1.807) is 7.11 Å². The fraction of sp³-hybridized carbons (Fsp3) is 0.667. The maximum atomic E-state index is 12.9. The van der Waals surface area contributed by atoms with Gasteiger partial charge in [-0.15, -0.1) is 0 Å². The molecule has 6 nitrogen and oxygen atoms in total. The number of likely N-dealkylation sites (tertiary alicyclic amines) is 2. The number of carbonyl (C=O) groups is 1. The van der Waals surface area contributed by atoms with Crippen molar-refractivity contribution in [3.63, 3.8) is 0 Å². The van der Waals surface area contributed by atoms with Crippen molar-refractivity contribution in [2.24, 2.45) is 17.8 Å². The summed E-state index contributed by atoms with van der Waals surface area (Å²) in [5, 5.41) is 19.1. The number of hydrogen-bond donors (Lipinski definition) is 2. The van der Waals surface area contributed by atoms with Gasteiger partial charge in [0.05, 0.1) is 7.11 Å². The van der Waals surface area contributed by atoms with Crippen molar-refractivity contribution in [2.45, 2.75) is 19.8 Å². The smallest absolute Gasteiger partial charge is 0.253 e. The van der Waals surface area contributed by atoms with Crippen LogP contribution >= 0.6 is 0 Å². The van der Waals surface area contributed by atoms with Gasteiger partial charge in [0.2, 0.25) is 0 Å². The second-order valence-electron chi connectivity index (χ2n) is 8.02. The fourth-order valence-corrected chi connectivity index (χ4v) is 4.40. The lowest BCUT2D eigenvalue weighted by Gasteiger charge is -2.33. The van der Waals surface area contributed by atoms with Crippen LogP contribution in [-0.4, -0.2) is 79.0 Å². The van der Waals surface area contributed by atoms with E-state index >= 15 is 0 Å². The average Bonchev–Trinajstić information content (AvgIpc) is 3.10. The highest BCUT2D eigenvalue weighted by Crippen LogP contribution is 2.28. The number of carbonyl (C=O) groups excluding carboxylic acids is 1. The van der Waals surface area contributed by atoms with Crippen LogP contribution in [0.3, 0.4) is 0 Å². The lowest BCUT2D eigenvalue weighted by Crippen LogP contribution is -2.40. The number of methoxy groups -OCH3 is 1. The van der Waals surface area contributed by atoms with Gasteiger partial charge >= 0.3 is 0 Å². The SMILES string of the molecule is COc1ccc(C(=O)N2CC(CO)C(CN3CCC(CO)CC3)C2)cc1C. The Morgan fingerprint density at radius 3 is 2.44 bits per heavy atom. The number of aliphatic hydroxyl groups is 2. The van der Waals surface area contributed by atoms with Gasteiger partial charge in [0.25, 0.3) is 5.91 Å². The monoisotopic (exact) mass is 376 g/mol. The van der Waals surface area contributed by atoms with E-state index in [9.17, 15) is 15.0 Å². The Balaban J connectivity index is 1.61. The summed E-state index contributed by atoms with van der Waals surface area (Å²) in [4.78, 5) is 17.2. The first-order chi connectivity index (χ1) is 13.0. The molecule has 3 rings (SSSR count). The van der Waals surface area contributed by atoms with Gasteiger partial charge < -0.3 is 24.7 Å². The predicted octanol–water partition coefficient (Wildman–Crippen LogP) is 1.39. The van der Waals surface area contributed by atoms with Crippen LogP contribution in [0.25, 0.3) is 0 Å². The summed E-state index contributed by atoms with van der Waals surface area (Å²) >= 11 is 0. The van der Waals surface area contributed by atoms with Crippen LogP contribution in [0.1, 0.15) is 28.8 Å². The topological polar surface area (TPSA) is 73.2 Å². The summed E-state index contributed by atoms with van der Waals surface area (Å²) in [7, 11) is 1.63. The number of ether oxygens (including phenoxy) is 1. The van der Waals surface area contributed by atoms with Crippen LogP contribution < -0.4 is 4.74 Å². The minimum absolute atomic E-state index is 0.0284. The average molecular weight is 376 g/mol. The lowest BCUT2D eigenvalue weighted by molar-refractivity contribution is 0.0776. The number of aliphatic hydroxyl groups excluding tert-OH is 2. The molecular weight excluding hydrogens is 344 g/mol. The fourth-order valence-electron chi connectivity index (χ4n) is 4.40. The highest BCUT2D eigenvalue weighted by molar-refractivity contribution is 5.94. The lowest BCUT2D eigenvalue weighted by atomic mass is 9.93. The standard InChI is InChI=1S/C21H32N2O4/c1-15-9-17(3-4-20(15)27-2)21(26)23-11-18(19(12-23)14-25)10-22-7-5-16(13-24)6-8-22/h3-4,9,16,18-19,24-25H,5-8,10-14H2,1-2H3. The summed E-state index contributed by atoms with van der Waals surface area (Å²) < 4.78 is 5.28. The summed E-state index contributed by atoms with van der Waals surface area (Å²) in [6, 6.07) is 5.53. The normalized spacial score (nSPS) is 24.4. The molecule has 0 saturated carbocycles. The molecule has 0 aromatic heterocycles. The molecule has 1 aromatic carbocycles. The van der Waals surface area contributed by atoms with E-state index in [0.717, 1.165) is 43.8 Å². The molecule has 2 aliphatic rings. The first kappa shape index (κ1) is 20.1. The van der Waals surface area contributed by atoms with Gasteiger partial charge in [-0.25, -0.2) is 0 Å². The molecule has 6 heteroatoms. The molecule has 2 unspecified atom stereocenters. The number of amides is 1. The molecule has 2 saturated heterocycles. The minimum atomic E-state index is 0.0284. The summed E-state index contributed by atoms with van der Waals surface area (Å²) in [5.74, 6) is 1.66. The molecule has 0 spiro atoms.